The summed E-state index contributed by atoms with van der Waals surface area (Å²) < 4.78 is 25.2. The first kappa shape index (κ1) is 12.8. The largest absolute Gasteiger partial charge is 0.390 e. The van der Waals surface area contributed by atoms with Crippen LogP contribution < -0.4 is 0 Å². The van der Waals surface area contributed by atoms with Crippen LogP contribution in [0.15, 0.2) is 17.2 Å². The molecule has 1 aromatic heterocycles. The lowest BCUT2D eigenvalue weighted by molar-refractivity contribution is 0.277. The standard InChI is InChI=1S/C10H14N2O3S/c1-3-5-12(4-2)16(14,15)10-6-9(8-13)11-7-10/h1,6-7,11,13H,4-5,8H2,2H3. The van der Waals surface area contributed by atoms with Gasteiger partial charge >= 0.3 is 0 Å². The van der Waals surface area contributed by atoms with Gasteiger partial charge in [0.1, 0.15) is 4.90 Å². The minimum Gasteiger partial charge on any atom is -0.390 e. The molecule has 0 aliphatic carbocycles. The van der Waals surface area contributed by atoms with Crippen LogP contribution in [0.3, 0.4) is 0 Å². The molecule has 0 saturated heterocycles. The van der Waals surface area contributed by atoms with Crippen molar-refractivity contribution in [3.63, 3.8) is 0 Å². The number of rotatable bonds is 5. The average Bonchev–Trinajstić information content (AvgIpc) is 2.74. The van der Waals surface area contributed by atoms with Crippen LogP contribution in [0.4, 0.5) is 0 Å². The molecule has 0 aromatic carbocycles. The summed E-state index contributed by atoms with van der Waals surface area (Å²) in [5.41, 5.74) is 0.454. The van der Waals surface area contributed by atoms with Gasteiger partial charge < -0.3 is 10.1 Å². The lowest BCUT2D eigenvalue weighted by Gasteiger charge is -2.16. The van der Waals surface area contributed by atoms with Crippen molar-refractivity contribution >= 4 is 10.0 Å². The van der Waals surface area contributed by atoms with E-state index >= 15 is 0 Å². The maximum atomic E-state index is 12.0. The van der Waals surface area contributed by atoms with Gasteiger partial charge in [0.2, 0.25) is 10.0 Å². The number of terminal acetylenes is 1. The van der Waals surface area contributed by atoms with Gasteiger partial charge in [0.15, 0.2) is 0 Å². The van der Waals surface area contributed by atoms with E-state index in [9.17, 15) is 8.42 Å². The average molecular weight is 242 g/mol. The number of nitrogens with zero attached hydrogens (tertiary/aromatic N) is 1. The first-order chi connectivity index (χ1) is 7.56. The van der Waals surface area contributed by atoms with Gasteiger partial charge in [-0.15, -0.1) is 6.42 Å². The third-order valence-corrected chi connectivity index (χ3v) is 4.04. The van der Waals surface area contributed by atoms with Gasteiger partial charge in [0.25, 0.3) is 0 Å². The van der Waals surface area contributed by atoms with E-state index in [0.29, 0.717) is 12.2 Å². The molecule has 5 nitrogen and oxygen atoms in total. The number of aliphatic hydroxyl groups is 1. The van der Waals surface area contributed by atoms with E-state index in [-0.39, 0.29) is 18.0 Å². The molecular weight excluding hydrogens is 228 g/mol. The zero-order valence-corrected chi connectivity index (χ0v) is 9.79. The Balaban J connectivity index is 3.05. The summed E-state index contributed by atoms with van der Waals surface area (Å²) in [5, 5.41) is 8.84. The molecule has 6 heteroatoms. The van der Waals surface area contributed by atoms with Gasteiger partial charge in [-0.3, -0.25) is 0 Å². The number of H-pyrrole nitrogens is 1. The van der Waals surface area contributed by atoms with E-state index in [0.717, 1.165) is 0 Å². The maximum absolute atomic E-state index is 12.0. The number of aromatic nitrogens is 1. The second-order valence-electron chi connectivity index (χ2n) is 3.15. The molecule has 0 unspecified atom stereocenters. The van der Waals surface area contributed by atoms with E-state index in [2.05, 4.69) is 10.9 Å². The highest BCUT2D eigenvalue weighted by Crippen LogP contribution is 2.16. The van der Waals surface area contributed by atoms with Crippen LogP contribution >= 0.6 is 0 Å². The minimum absolute atomic E-state index is 0.0402. The number of hydrogen-bond donors (Lipinski definition) is 2. The summed E-state index contributed by atoms with van der Waals surface area (Å²) >= 11 is 0. The molecule has 1 aromatic rings. The summed E-state index contributed by atoms with van der Waals surface area (Å²) in [6.07, 6.45) is 6.45. The molecule has 0 aliphatic heterocycles. The quantitative estimate of drug-likeness (QED) is 0.722. The zero-order valence-electron chi connectivity index (χ0n) is 8.97. The molecule has 16 heavy (non-hydrogen) atoms. The summed E-state index contributed by atoms with van der Waals surface area (Å²) in [6.45, 7) is 1.84. The minimum atomic E-state index is -3.55. The second kappa shape index (κ2) is 5.16. The molecule has 0 bridgehead atoms. The number of aliphatic hydroxyl groups excluding tert-OH is 1. The Morgan fingerprint density at radius 3 is 2.75 bits per heavy atom. The van der Waals surface area contributed by atoms with Gasteiger partial charge in [-0.05, 0) is 6.07 Å². The number of hydrogen-bond acceptors (Lipinski definition) is 3. The lowest BCUT2D eigenvalue weighted by atomic mass is 10.5. The smallest absolute Gasteiger partial charge is 0.245 e. The predicted octanol–water partition coefficient (Wildman–Crippen LogP) is 0.151. The van der Waals surface area contributed by atoms with Crippen LogP contribution in [-0.4, -0.2) is 35.9 Å². The lowest BCUT2D eigenvalue weighted by Crippen LogP contribution is -2.30. The molecule has 0 atom stereocenters. The van der Waals surface area contributed by atoms with Crippen molar-refractivity contribution in [1.29, 1.82) is 0 Å². The Hall–Kier alpha value is -1.29. The van der Waals surface area contributed by atoms with Crippen LogP contribution in [0, 0.1) is 12.3 Å². The van der Waals surface area contributed by atoms with Crippen LogP contribution in [-0.2, 0) is 16.6 Å². The maximum Gasteiger partial charge on any atom is 0.245 e. The molecule has 0 saturated carbocycles. The Bertz CT molecular complexity index is 484. The summed E-state index contributed by atoms with van der Waals surface area (Å²) in [5.74, 6) is 2.30. The van der Waals surface area contributed by atoms with Gasteiger partial charge in [0.05, 0.1) is 13.2 Å². The first-order valence-corrected chi connectivity index (χ1v) is 6.22. The van der Waals surface area contributed by atoms with Crippen molar-refractivity contribution in [2.24, 2.45) is 0 Å². The normalized spacial score (nSPS) is 11.6. The Kier molecular flexibility index (Phi) is 4.12. The molecular formula is C10H14N2O3S. The van der Waals surface area contributed by atoms with Crippen molar-refractivity contribution in [3.05, 3.63) is 18.0 Å². The Labute approximate surface area is 95.1 Å². The number of sulfonamides is 1. The van der Waals surface area contributed by atoms with E-state index in [4.69, 9.17) is 11.5 Å². The second-order valence-corrected chi connectivity index (χ2v) is 5.09. The first-order valence-electron chi connectivity index (χ1n) is 4.78. The van der Waals surface area contributed by atoms with Gasteiger partial charge in [0, 0.05) is 18.4 Å². The van der Waals surface area contributed by atoms with Crippen molar-refractivity contribution < 1.29 is 13.5 Å². The van der Waals surface area contributed by atoms with Crippen molar-refractivity contribution in [3.8, 4) is 12.3 Å². The summed E-state index contributed by atoms with van der Waals surface area (Å²) in [4.78, 5) is 2.79. The number of nitrogens with one attached hydrogen (secondary N) is 1. The van der Waals surface area contributed by atoms with Crippen LogP contribution in [0.1, 0.15) is 12.6 Å². The van der Waals surface area contributed by atoms with Gasteiger partial charge in [-0.2, -0.15) is 4.31 Å². The fraction of sp³-hybridized carbons (Fsp3) is 0.400. The molecule has 0 aliphatic rings. The molecule has 1 rings (SSSR count). The number of aromatic amines is 1. The fourth-order valence-electron chi connectivity index (χ4n) is 1.28. The third kappa shape index (κ3) is 2.44. The van der Waals surface area contributed by atoms with Gasteiger partial charge in [-0.25, -0.2) is 8.42 Å². The van der Waals surface area contributed by atoms with Crippen molar-refractivity contribution in [2.75, 3.05) is 13.1 Å². The van der Waals surface area contributed by atoms with Crippen LogP contribution in [0.5, 0.6) is 0 Å². The van der Waals surface area contributed by atoms with Gasteiger partial charge in [-0.1, -0.05) is 12.8 Å². The van der Waals surface area contributed by atoms with E-state index in [1.165, 1.54) is 16.6 Å². The predicted molar refractivity (Wildman–Crippen MR) is 60.0 cm³/mol. The Morgan fingerprint density at radius 1 is 1.62 bits per heavy atom. The highest BCUT2D eigenvalue weighted by Gasteiger charge is 2.23. The Morgan fingerprint density at radius 2 is 2.31 bits per heavy atom. The third-order valence-electron chi connectivity index (χ3n) is 2.14. The highest BCUT2D eigenvalue weighted by atomic mass is 32.2. The molecule has 0 fully saturated rings. The SMILES string of the molecule is C#CCN(CC)S(=O)(=O)c1c[nH]c(CO)c1. The summed E-state index contributed by atoms with van der Waals surface area (Å²) in [6, 6.07) is 1.40. The molecule has 0 amide bonds. The molecule has 0 radical (unpaired) electrons. The van der Waals surface area contributed by atoms with E-state index in [1.54, 1.807) is 6.92 Å². The molecule has 88 valence electrons. The molecule has 2 N–H and O–H groups in total. The van der Waals surface area contributed by atoms with E-state index < -0.39 is 10.0 Å². The van der Waals surface area contributed by atoms with Crippen LogP contribution in [0.2, 0.25) is 0 Å². The molecule has 0 spiro atoms. The molecule has 1 heterocycles. The van der Waals surface area contributed by atoms with Crippen molar-refractivity contribution in [1.82, 2.24) is 9.29 Å². The van der Waals surface area contributed by atoms with Crippen molar-refractivity contribution in [2.45, 2.75) is 18.4 Å². The van der Waals surface area contributed by atoms with Crippen LogP contribution in [0.25, 0.3) is 0 Å². The van der Waals surface area contributed by atoms with E-state index in [1.807, 2.05) is 0 Å². The zero-order chi connectivity index (χ0) is 12.2. The fourth-order valence-corrected chi connectivity index (χ4v) is 2.66. The highest BCUT2D eigenvalue weighted by molar-refractivity contribution is 7.89. The summed E-state index contributed by atoms with van der Waals surface area (Å²) in [7, 11) is -3.55. The topological polar surface area (TPSA) is 73.4 Å². The monoisotopic (exact) mass is 242 g/mol.